The van der Waals surface area contributed by atoms with Crippen LogP contribution in [0.2, 0.25) is 0 Å². The quantitative estimate of drug-likeness (QED) is 0.259. The fourth-order valence-corrected chi connectivity index (χ4v) is 3.98. The zero-order valence-corrected chi connectivity index (χ0v) is 18.8. The van der Waals surface area contributed by atoms with Gasteiger partial charge < -0.3 is 4.74 Å². The van der Waals surface area contributed by atoms with Gasteiger partial charge in [-0.3, -0.25) is 30.4 Å². The minimum absolute atomic E-state index is 0.0393. The van der Waals surface area contributed by atoms with Gasteiger partial charge in [0, 0.05) is 18.2 Å². The summed E-state index contributed by atoms with van der Waals surface area (Å²) in [5.41, 5.74) is 3.06. The third kappa shape index (κ3) is 5.45. The van der Waals surface area contributed by atoms with Crippen molar-refractivity contribution in [3.05, 3.63) is 92.5 Å². The lowest BCUT2D eigenvalue weighted by Crippen LogP contribution is -2.14. The van der Waals surface area contributed by atoms with Crippen LogP contribution in [-0.2, 0) is 10.0 Å². The van der Waals surface area contributed by atoms with Crippen LogP contribution in [-0.4, -0.2) is 31.1 Å². The number of hydrazone groups is 1. The van der Waals surface area contributed by atoms with E-state index in [-0.39, 0.29) is 27.7 Å². The molecule has 0 aliphatic carbocycles. The Morgan fingerprint density at radius 1 is 0.941 bits per heavy atom. The van der Waals surface area contributed by atoms with E-state index in [0.29, 0.717) is 11.3 Å². The van der Waals surface area contributed by atoms with Crippen molar-refractivity contribution in [2.75, 3.05) is 17.3 Å². The molecule has 0 saturated carbocycles. The van der Waals surface area contributed by atoms with E-state index in [1.165, 1.54) is 49.6 Å². The number of rotatable bonds is 9. The molecule has 0 amide bonds. The van der Waals surface area contributed by atoms with Gasteiger partial charge in [0.15, 0.2) is 0 Å². The van der Waals surface area contributed by atoms with Crippen molar-refractivity contribution in [2.24, 2.45) is 5.10 Å². The predicted octanol–water partition coefficient (Wildman–Crippen LogP) is 4.15. The number of non-ortho nitro benzene ring substituents is 1. The summed E-state index contributed by atoms with van der Waals surface area (Å²) in [7, 11) is -2.77. The number of sulfonamides is 1. The monoisotopic (exact) mass is 485 g/mol. The molecule has 0 aliphatic heterocycles. The van der Waals surface area contributed by atoms with Crippen molar-refractivity contribution in [2.45, 2.75) is 11.8 Å². The van der Waals surface area contributed by atoms with E-state index in [9.17, 15) is 28.6 Å². The number of nitro groups is 2. The molecule has 0 atom stereocenters. The van der Waals surface area contributed by atoms with Crippen LogP contribution in [0.15, 0.2) is 76.7 Å². The molecule has 3 aromatic rings. The number of benzene rings is 3. The predicted molar refractivity (Wildman–Crippen MR) is 126 cm³/mol. The molecular formula is C21H19N5O7S. The summed E-state index contributed by atoms with van der Waals surface area (Å²) in [6.45, 7) is 1.61. The van der Waals surface area contributed by atoms with Crippen molar-refractivity contribution in [1.29, 1.82) is 0 Å². The molecule has 3 rings (SSSR count). The number of hydrogen-bond donors (Lipinski definition) is 2. The molecule has 12 nitrogen and oxygen atoms in total. The van der Waals surface area contributed by atoms with Crippen LogP contribution >= 0.6 is 0 Å². The SMILES string of the molecule is COc1ccccc1NS(=O)(=O)c1ccc(NN=C(C)c2ccc([N+](=O)[O-])cc2)c([N+](=O)[O-])c1. The number of nitrogens with zero attached hydrogens (tertiary/aromatic N) is 3. The van der Waals surface area contributed by atoms with Gasteiger partial charge in [-0.2, -0.15) is 5.10 Å². The summed E-state index contributed by atoms with van der Waals surface area (Å²) in [5, 5.41) is 26.4. The van der Waals surface area contributed by atoms with E-state index < -0.39 is 25.6 Å². The molecule has 0 saturated heterocycles. The molecule has 0 fully saturated rings. The molecule has 2 N–H and O–H groups in total. The Kier molecular flexibility index (Phi) is 7.06. The Morgan fingerprint density at radius 3 is 2.24 bits per heavy atom. The second kappa shape index (κ2) is 9.95. The Balaban J connectivity index is 1.87. The maximum Gasteiger partial charge on any atom is 0.295 e. The molecule has 0 aromatic heterocycles. The zero-order valence-electron chi connectivity index (χ0n) is 18.0. The standard InChI is InChI=1S/C21H19N5O7S/c1-14(15-7-9-16(10-8-15)25(27)28)22-23-18-12-11-17(13-20(18)26(29)30)34(31,32)24-19-5-3-4-6-21(19)33-2/h3-13,23-24H,1-2H3. The highest BCUT2D eigenvalue weighted by Gasteiger charge is 2.22. The fourth-order valence-electron chi connectivity index (χ4n) is 2.89. The second-order valence-electron chi connectivity index (χ2n) is 6.85. The van der Waals surface area contributed by atoms with Crippen LogP contribution in [0.3, 0.4) is 0 Å². The minimum Gasteiger partial charge on any atom is -0.495 e. The minimum atomic E-state index is -4.16. The van der Waals surface area contributed by atoms with Gasteiger partial charge in [0.2, 0.25) is 0 Å². The highest BCUT2D eigenvalue weighted by atomic mass is 32.2. The Morgan fingerprint density at radius 2 is 1.62 bits per heavy atom. The number of para-hydroxylation sites is 2. The van der Waals surface area contributed by atoms with Crippen LogP contribution in [0, 0.1) is 20.2 Å². The second-order valence-corrected chi connectivity index (χ2v) is 8.54. The number of nitro benzene ring substituents is 2. The average molecular weight is 485 g/mol. The van der Waals surface area contributed by atoms with Gasteiger partial charge in [0.25, 0.3) is 21.4 Å². The summed E-state index contributed by atoms with van der Waals surface area (Å²) >= 11 is 0. The first-order valence-electron chi connectivity index (χ1n) is 9.62. The van der Waals surface area contributed by atoms with Crippen molar-refractivity contribution >= 4 is 38.5 Å². The molecule has 0 heterocycles. The van der Waals surface area contributed by atoms with Crippen LogP contribution in [0.25, 0.3) is 0 Å². The van der Waals surface area contributed by atoms with E-state index in [4.69, 9.17) is 4.74 Å². The molecule has 0 spiro atoms. The first kappa shape index (κ1) is 24.1. The first-order chi connectivity index (χ1) is 16.1. The lowest BCUT2D eigenvalue weighted by molar-refractivity contribution is -0.384. The van der Waals surface area contributed by atoms with E-state index >= 15 is 0 Å². The van der Waals surface area contributed by atoms with Crippen LogP contribution in [0.4, 0.5) is 22.7 Å². The molecule has 0 aliphatic rings. The summed E-state index contributed by atoms with van der Waals surface area (Å²) in [6.07, 6.45) is 0. The summed E-state index contributed by atoms with van der Waals surface area (Å²) in [4.78, 5) is 20.8. The summed E-state index contributed by atoms with van der Waals surface area (Å²) < 4.78 is 33.1. The van der Waals surface area contributed by atoms with Gasteiger partial charge in [-0.05, 0) is 48.9 Å². The Hall–Kier alpha value is -4.52. The Labute approximate surface area is 194 Å². The van der Waals surface area contributed by atoms with Gasteiger partial charge in [0.05, 0.1) is 33.3 Å². The molecule has 3 aromatic carbocycles. The third-order valence-corrected chi connectivity index (χ3v) is 6.03. The average Bonchev–Trinajstić information content (AvgIpc) is 2.82. The van der Waals surface area contributed by atoms with Crippen LogP contribution < -0.4 is 14.9 Å². The molecular weight excluding hydrogens is 466 g/mol. The largest absolute Gasteiger partial charge is 0.495 e. The number of nitrogens with one attached hydrogen (secondary N) is 2. The van der Waals surface area contributed by atoms with Crippen molar-refractivity contribution in [1.82, 2.24) is 0 Å². The molecule has 0 unspecified atom stereocenters. The van der Waals surface area contributed by atoms with Gasteiger partial charge >= 0.3 is 0 Å². The van der Waals surface area contributed by atoms with Crippen molar-refractivity contribution < 1.29 is 23.0 Å². The van der Waals surface area contributed by atoms with E-state index in [1.807, 2.05) is 0 Å². The van der Waals surface area contributed by atoms with Crippen molar-refractivity contribution in [3.63, 3.8) is 0 Å². The zero-order chi connectivity index (χ0) is 24.9. The van der Waals surface area contributed by atoms with E-state index in [0.717, 1.165) is 6.07 Å². The lowest BCUT2D eigenvalue weighted by atomic mass is 10.1. The van der Waals surface area contributed by atoms with Gasteiger partial charge in [-0.1, -0.05) is 12.1 Å². The number of hydrogen-bond acceptors (Lipinski definition) is 9. The van der Waals surface area contributed by atoms with Gasteiger partial charge in [-0.15, -0.1) is 0 Å². The number of anilines is 2. The molecule has 0 bridgehead atoms. The maximum atomic E-state index is 12.8. The third-order valence-electron chi connectivity index (χ3n) is 4.67. The fraction of sp³-hybridized carbons (Fsp3) is 0.0952. The number of methoxy groups -OCH3 is 1. The molecule has 176 valence electrons. The molecule has 0 radical (unpaired) electrons. The normalized spacial score (nSPS) is 11.5. The van der Waals surface area contributed by atoms with Gasteiger partial charge in [0.1, 0.15) is 11.4 Å². The first-order valence-corrected chi connectivity index (χ1v) is 11.1. The topological polar surface area (TPSA) is 166 Å². The molecule has 13 heteroatoms. The highest BCUT2D eigenvalue weighted by molar-refractivity contribution is 7.92. The lowest BCUT2D eigenvalue weighted by Gasteiger charge is -2.12. The highest BCUT2D eigenvalue weighted by Crippen LogP contribution is 2.30. The van der Waals surface area contributed by atoms with E-state index in [1.54, 1.807) is 25.1 Å². The summed E-state index contributed by atoms with van der Waals surface area (Å²) in [5.74, 6) is 0.287. The van der Waals surface area contributed by atoms with Crippen LogP contribution in [0.5, 0.6) is 5.75 Å². The maximum absolute atomic E-state index is 12.8. The summed E-state index contributed by atoms with van der Waals surface area (Å²) in [6, 6.07) is 15.3. The number of ether oxygens (including phenoxy) is 1. The van der Waals surface area contributed by atoms with Crippen molar-refractivity contribution in [3.8, 4) is 5.75 Å². The Bertz CT molecular complexity index is 1370. The van der Waals surface area contributed by atoms with Gasteiger partial charge in [-0.25, -0.2) is 8.42 Å². The smallest absolute Gasteiger partial charge is 0.295 e. The van der Waals surface area contributed by atoms with Crippen LogP contribution in [0.1, 0.15) is 12.5 Å². The van der Waals surface area contributed by atoms with E-state index in [2.05, 4.69) is 15.2 Å². The molecule has 34 heavy (non-hydrogen) atoms.